The highest BCUT2D eigenvalue weighted by atomic mass is 16.5. The van der Waals surface area contributed by atoms with Crippen molar-refractivity contribution >= 4 is 0 Å². The molecule has 1 aliphatic carbocycles. The summed E-state index contributed by atoms with van der Waals surface area (Å²) in [6.45, 7) is 7.90. The average Bonchev–Trinajstić information content (AvgIpc) is 2.91. The van der Waals surface area contributed by atoms with Crippen molar-refractivity contribution in [3.63, 3.8) is 0 Å². The minimum absolute atomic E-state index is 0.0199. The number of ether oxygens (including phenoxy) is 3. The molecular weight excluding hydrogens is 204 g/mol. The zero-order valence-electron chi connectivity index (χ0n) is 9.43. The molecule has 0 aromatic rings. The van der Waals surface area contributed by atoms with Crippen molar-refractivity contribution in [2.75, 3.05) is 6.61 Å². The SMILES string of the molecule is C=COCC1C(OC=C)C2CC13CCC2O3. The first-order chi connectivity index (χ1) is 7.80. The second kappa shape index (κ2) is 3.52. The summed E-state index contributed by atoms with van der Waals surface area (Å²) < 4.78 is 17.2. The van der Waals surface area contributed by atoms with Crippen molar-refractivity contribution in [1.29, 1.82) is 0 Å². The second-order valence-electron chi connectivity index (χ2n) is 5.00. The molecule has 3 fully saturated rings. The Labute approximate surface area is 96.1 Å². The van der Waals surface area contributed by atoms with Crippen LogP contribution in [0.1, 0.15) is 19.3 Å². The monoisotopic (exact) mass is 222 g/mol. The summed E-state index contributed by atoms with van der Waals surface area (Å²) in [5.41, 5.74) is 0.0199. The maximum atomic E-state index is 6.12. The van der Waals surface area contributed by atoms with Crippen molar-refractivity contribution in [2.45, 2.75) is 37.1 Å². The van der Waals surface area contributed by atoms with E-state index in [1.165, 1.54) is 12.7 Å². The van der Waals surface area contributed by atoms with Gasteiger partial charge in [0.2, 0.25) is 0 Å². The van der Waals surface area contributed by atoms with Gasteiger partial charge in [-0.1, -0.05) is 13.2 Å². The molecule has 0 aromatic heterocycles. The Hall–Kier alpha value is -0.960. The molecule has 3 nitrogen and oxygen atoms in total. The maximum Gasteiger partial charge on any atom is 0.112 e. The Bertz CT molecular complexity index is 314. The van der Waals surface area contributed by atoms with Crippen molar-refractivity contribution in [2.24, 2.45) is 11.8 Å². The molecular formula is C13H18O3. The molecule has 2 heterocycles. The fourth-order valence-electron chi connectivity index (χ4n) is 3.86. The third-order valence-corrected chi connectivity index (χ3v) is 4.44. The van der Waals surface area contributed by atoms with E-state index in [1.54, 1.807) is 6.26 Å². The average molecular weight is 222 g/mol. The molecule has 1 saturated carbocycles. The highest BCUT2D eigenvalue weighted by Gasteiger charge is 2.67. The molecule has 2 saturated heterocycles. The summed E-state index contributed by atoms with van der Waals surface area (Å²) in [6.07, 6.45) is 7.13. The molecule has 5 unspecified atom stereocenters. The Morgan fingerprint density at radius 3 is 3.00 bits per heavy atom. The Morgan fingerprint density at radius 2 is 2.25 bits per heavy atom. The molecule has 3 heteroatoms. The maximum absolute atomic E-state index is 6.12. The predicted molar refractivity (Wildman–Crippen MR) is 59.7 cm³/mol. The van der Waals surface area contributed by atoms with Crippen LogP contribution in [0.3, 0.4) is 0 Å². The number of hydrogen-bond acceptors (Lipinski definition) is 3. The molecule has 0 radical (unpaired) electrons. The van der Waals surface area contributed by atoms with Crippen LogP contribution >= 0.6 is 0 Å². The number of hydrogen-bond donors (Lipinski definition) is 0. The van der Waals surface area contributed by atoms with E-state index in [0.717, 1.165) is 12.8 Å². The van der Waals surface area contributed by atoms with Gasteiger partial charge in [-0.15, -0.1) is 0 Å². The summed E-state index contributed by atoms with van der Waals surface area (Å²) in [4.78, 5) is 0. The normalized spacial score (nSPS) is 48.0. The van der Waals surface area contributed by atoms with Crippen LogP contribution in [0.4, 0.5) is 0 Å². The molecule has 0 amide bonds. The molecule has 0 N–H and O–H groups in total. The van der Waals surface area contributed by atoms with Gasteiger partial charge in [-0.3, -0.25) is 0 Å². The van der Waals surface area contributed by atoms with E-state index in [1.807, 2.05) is 0 Å². The van der Waals surface area contributed by atoms with Gasteiger partial charge in [0.25, 0.3) is 0 Å². The first-order valence-corrected chi connectivity index (χ1v) is 5.97. The van der Waals surface area contributed by atoms with Gasteiger partial charge >= 0.3 is 0 Å². The summed E-state index contributed by atoms with van der Waals surface area (Å²) in [5.74, 6) is 0.859. The first-order valence-electron chi connectivity index (χ1n) is 5.97. The fourth-order valence-corrected chi connectivity index (χ4v) is 3.86. The lowest BCUT2D eigenvalue weighted by Gasteiger charge is -2.35. The first kappa shape index (κ1) is 10.2. The van der Waals surface area contributed by atoms with Crippen LogP contribution in [0.5, 0.6) is 0 Å². The lowest BCUT2D eigenvalue weighted by Crippen LogP contribution is -2.44. The topological polar surface area (TPSA) is 27.7 Å². The van der Waals surface area contributed by atoms with E-state index in [2.05, 4.69) is 13.2 Å². The molecule has 3 rings (SSSR count). The van der Waals surface area contributed by atoms with Crippen LogP contribution < -0.4 is 0 Å². The lowest BCUT2D eigenvalue weighted by molar-refractivity contribution is -0.124. The van der Waals surface area contributed by atoms with Gasteiger partial charge in [0.1, 0.15) is 6.10 Å². The smallest absolute Gasteiger partial charge is 0.112 e. The molecule has 88 valence electrons. The van der Waals surface area contributed by atoms with Gasteiger partial charge < -0.3 is 14.2 Å². The summed E-state index contributed by atoms with van der Waals surface area (Å²) >= 11 is 0. The highest BCUT2D eigenvalue weighted by molar-refractivity contribution is 5.15. The van der Waals surface area contributed by atoms with Crippen molar-refractivity contribution < 1.29 is 14.2 Å². The molecule has 1 spiro atoms. The highest BCUT2D eigenvalue weighted by Crippen LogP contribution is 2.60. The van der Waals surface area contributed by atoms with Gasteiger partial charge in [0.15, 0.2) is 0 Å². The zero-order chi connectivity index (χ0) is 11.2. The van der Waals surface area contributed by atoms with Gasteiger partial charge in [-0.25, -0.2) is 0 Å². The third-order valence-electron chi connectivity index (χ3n) is 4.44. The Kier molecular flexibility index (Phi) is 2.25. The summed E-state index contributed by atoms with van der Waals surface area (Å²) in [6, 6.07) is 0. The fraction of sp³-hybridized carbons (Fsp3) is 0.692. The van der Waals surface area contributed by atoms with Gasteiger partial charge in [-0.2, -0.15) is 0 Å². The largest absolute Gasteiger partial charge is 0.501 e. The predicted octanol–water partition coefficient (Wildman–Crippen LogP) is 2.24. The Morgan fingerprint density at radius 1 is 1.38 bits per heavy atom. The molecule has 3 bridgehead atoms. The summed E-state index contributed by atoms with van der Waals surface area (Å²) in [5, 5.41) is 0. The van der Waals surface area contributed by atoms with E-state index >= 15 is 0 Å². The van der Waals surface area contributed by atoms with E-state index < -0.39 is 0 Å². The van der Waals surface area contributed by atoms with Crippen LogP contribution in [0, 0.1) is 11.8 Å². The van der Waals surface area contributed by atoms with Crippen LogP contribution in [0.15, 0.2) is 25.7 Å². The minimum Gasteiger partial charge on any atom is -0.501 e. The zero-order valence-corrected chi connectivity index (χ0v) is 9.43. The van der Waals surface area contributed by atoms with Crippen molar-refractivity contribution in [3.05, 3.63) is 25.7 Å². The van der Waals surface area contributed by atoms with Crippen LogP contribution in [0.2, 0.25) is 0 Å². The van der Waals surface area contributed by atoms with Gasteiger partial charge in [0.05, 0.1) is 36.8 Å². The van der Waals surface area contributed by atoms with E-state index in [-0.39, 0.29) is 11.7 Å². The third kappa shape index (κ3) is 1.18. The van der Waals surface area contributed by atoms with Crippen LogP contribution in [-0.4, -0.2) is 24.4 Å². The molecule has 0 aromatic carbocycles. The number of fused-ring (bicyclic) bond motifs is 3. The van der Waals surface area contributed by atoms with Crippen molar-refractivity contribution in [3.8, 4) is 0 Å². The minimum atomic E-state index is 0.0199. The standard InChI is InChI=1S/C13H18O3/c1-3-14-8-10-12(15-4-2)9-7-13(10)6-5-11(9)16-13/h3-4,9-12H,1-2,5-8H2. The van der Waals surface area contributed by atoms with Crippen LogP contribution in [0.25, 0.3) is 0 Å². The number of rotatable bonds is 5. The van der Waals surface area contributed by atoms with E-state index in [4.69, 9.17) is 14.2 Å². The summed E-state index contributed by atoms with van der Waals surface area (Å²) in [7, 11) is 0. The van der Waals surface area contributed by atoms with Crippen molar-refractivity contribution in [1.82, 2.24) is 0 Å². The Balaban J connectivity index is 1.82. The van der Waals surface area contributed by atoms with Gasteiger partial charge in [-0.05, 0) is 19.3 Å². The molecule has 3 aliphatic rings. The second-order valence-corrected chi connectivity index (χ2v) is 5.00. The lowest BCUT2D eigenvalue weighted by atomic mass is 9.86. The van der Waals surface area contributed by atoms with E-state index in [0.29, 0.717) is 24.5 Å². The molecule has 5 atom stereocenters. The quantitative estimate of drug-likeness (QED) is 0.668. The van der Waals surface area contributed by atoms with Crippen LogP contribution in [-0.2, 0) is 14.2 Å². The van der Waals surface area contributed by atoms with E-state index in [9.17, 15) is 0 Å². The van der Waals surface area contributed by atoms with Gasteiger partial charge in [0, 0.05) is 5.92 Å². The molecule has 2 aliphatic heterocycles. The molecule has 16 heavy (non-hydrogen) atoms.